The van der Waals surface area contributed by atoms with Crippen LogP contribution in [0, 0.1) is 13.8 Å². The second kappa shape index (κ2) is 9.36. The summed E-state index contributed by atoms with van der Waals surface area (Å²) in [6.45, 7) is 5.64. The number of hydrogen-bond acceptors (Lipinski definition) is 4. The highest BCUT2D eigenvalue weighted by Gasteiger charge is 2.42. The van der Waals surface area contributed by atoms with Crippen LogP contribution in [0.25, 0.3) is 0 Å². The molecule has 0 spiro atoms. The van der Waals surface area contributed by atoms with Crippen LogP contribution < -0.4 is 10.3 Å². The van der Waals surface area contributed by atoms with E-state index in [4.69, 9.17) is 0 Å². The number of benzene rings is 2. The van der Waals surface area contributed by atoms with Crippen LogP contribution in [0.1, 0.15) is 41.5 Å². The first-order chi connectivity index (χ1) is 16.5. The van der Waals surface area contributed by atoms with E-state index in [9.17, 15) is 22.8 Å². The predicted octanol–water partition coefficient (Wildman–Crippen LogP) is 4.86. The van der Waals surface area contributed by atoms with Crippen molar-refractivity contribution in [2.75, 3.05) is 4.90 Å². The van der Waals surface area contributed by atoms with Crippen LogP contribution in [0.4, 0.5) is 24.5 Å². The van der Waals surface area contributed by atoms with Crippen molar-refractivity contribution < 1.29 is 22.8 Å². The van der Waals surface area contributed by atoms with Crippen LogP contribution in [0.3, 0.4) is 0 Å². The summed E-state index contributed by atoms with van der Waals surface area (Å²) >= 11 is 0. The van der Waals surface area contributed by atoms with Crippen molar-refractivity contribution in [3.63, 3.8) is 0 Å². The summed E-state index contributed by atoms with van der Waals surface area (Å²) in [5.41, 5.74) is 4.64. The maximum atomic E-state index is 13.6. The van der Waals surface area contributed by atoms with Crippen molar-refractivity contribution in [3.8, 4) is 0 Å². The van der Waals surface area contributed by atoms with E-state index in [1.807, 2.05) is 19.9 Å². The Hall–Kier alpha value is -3.95. The summed E-state index contributed by atoms with van der Waals surface area (Å²) in [4.78, 5) is 27.1. The van der Waals surface area contributed by atoms with E-state index in [-0.39, 0.29) is 23.7 Å². The molecule has 1 unspecified atom stereocenters. The molecule has 0 saturated carbocycles. The van der Waals surface area contributed by atoms with Gasteiger partial charge in [0.15, 0.2) is 0 Å². The van der Waals surface area contributed by atoms with Gasteiger partial charge < -0.3 is 0 Å². The Balaban J connectivity index is 1.65. The molecule has 2 heterocycles. The maximum Gasteiger partial charge on any atom is 0.416 e. The molecule has 0 fully saturated rings. The van der Waals surface area contributed by atoms with Gasteiger partial charge in [-0.1, -0.05) is 12.1 Å². The average molecular weight is 483 g/mol. The number of carbonyl (C=O) groups excluding carboxylic acids is 2. The van der Waals surface area contributed by atoms with E-state index in [0.717, 1.165) is 23.3 Å². The molecule has 1 aliphatic heterocycles. The van der Waals surface area contributed by atoms with E-state index in [0.29, 0.717) is 17.8 Å². The quantitative estimate of drug-likeness (QED) is 0.402. The topological polar surface area (TPSA) is 79.6 Å². The number of nitrogens with zero attached hydrogens (tertiary/aromatic N) is 4. The first-order valence-electron chi connectivity index (χ1n) is 11.0. The second-order valence-corrected chi connectivity index (χ2v) is 8.53. The van der Waals surface area contributed by atoms with Gasteiger partial charge in [0, 0.05) is 31.0 Å². The minimum Gasteiger partial charge on any atom is -0.280 e. The van der Waals surface area contributed by atoms with Crippen LogP contribution in [0.5, 0.6) is 0 Å². The number of amides is 2. The third-order valence-electron chi connectivity index (χ3n) is 5.74. The molecule has 182 valence electrons. The summed E-state index contributed by atoms with van der Waals surface area (Å²) in [5, 5.41) is 8.13. The van der Waals surface area contributed by atoms with Crippen molar-refractivity contribution in [2.45, 2.75) is 45.8 Å². The highest BCUT2D eigenvalue weighted by Crippen LogP contribution is 2.45. The Morgan fingerprint density at radius 1 is 1.14 bits per heavy atom. The van der Waals surface area contributed by atoms with Crippen molar-refractivity contribution in [3.05, 3.63) is 77.1 Å². The number of rotatable bonds is 6. The zero-order valence-electron chi connectivity index (χ0n) is 19.4. The molecule has 0 saturated heterocycles. The lowest BCUT2D eigenvalue weighted by Crippen LogP contribution is -2.29. The lowest BCUT2D eigenvalue weighted by molar-refractivity contribution is -0.137. The number of aromatic nitrogens is 2. The third-order valence-corrected chi connectivity index (χ3v) is 5.74. The molecule has 1 atom stereocenters. The fraction of sp³-hybridized carbons (Fsp3) is 0.280. The Morgan fingerprint density at radius 3 is 2.49 bits per heavy atom. The zero-order chi connectivity index (χ0) is 25.3. The molecule has 2 amide bonds. The SMILES string of the molecule is C/C(=N/NC(=O)CCn1cccn1)C1C(=O)N(c2cc(C)cc(C)c2)c2cc(C(F)(F)F)ccc21. The largest absolute Gasteiger partial charge is 0.416 e. The number of aryl methyl sites for hydroxylation is 3. The average Bonchev–Trinajstić information content (AvgIpc) is 3.39. The first-order valence-corrected chi connectivity index (χ1v) is 11.0. The Labute approximate surface area is 200 Å². The van der Waals surface area contributed by atoms with Crippen molar-refractivity contribution in [1.82, 2.24) is 15.2 Å². The van der Waals surface area contributed by atoms with Gasteiger partial charge in [-0.05, 0) is 67.8 Å². The maximum absolute atomic E-state index is 13.6. The van der Waals surface area contributed by atoms with Gasteiger partial charge in [-0.25, -0.2) is 5.43 Å². The predicted molar refractivity (Wildman–Crippen MR) is 125 cm³/mol. The number of hydrazone groups is 1. The van der Waals surface area contributed by atoms with E-state index in [1.165, 1.54) is 11.0 Å². The van der Waals surface area contributed by atoms with E-state index in [1.54, 1.807) is 42.2 Å². The van der Waals surface area contributed by atoms with Crippen LogP contribution in [-0.2, 0) is 22.3 Å². The van der Waals surface area contributed by atoms with Crippen LogP contribution in [0.15, 0.2) is 60.0 Å². The molecule has 35 heavy (non-hydrogen) atoms. The summed E-state index contributed by atoms with van der Waals surface area (Å²) in [5.74, 6) is -1.74. The molecule has 1 N–H and O–H groups in total. The summed E-state index contributed by atoms with van der Waals surface area (Å²) in [7, 11) is 0. The van der Waals surface area contributed by atoms with Gasteiger partial charge >= 0.3 is 6.18 Å². The number of carbonyl (C=O) groups is 2. The highest BCUT2D eigenvalue weighted by molar-refractivity contribution is 6.22. The summed E-state index contributed by atoms with van der Waals surface area (Å²) in [6.07, 6.45) is -1.10. The number of fused-ring (bicyclic) bond motifs is 1. The van der Waals surface area contributed by atoms with Gasteiger partial charge in [0.25, 0.3) is 0 Å². The molecule has 1 aliphatic rings. The van der Waals surface area contributed by atoms with E-state index < -0.39 is 23.6 Å². The van der Waals surface area contributed by atoms with Gasteiger partial charge in [-0.3, -0.25) is 19.2 Å². The molecule has 1 aromatic heterocycles. The molecular weight excluding hydrogens is 459 g/mol. The summed E-state index contributed by atoms with van der Waals surface area (Å²) < 4.78 is 42.0. The van der Waals surface area contributed by atoms with E-state index >= 15 is 0 Å². The van der Waals surface area contributed by atoms with E-state index in [2.05, 4.69) is 15.6 Å². The minimum atomic E-state index is -4.56. The normalized spacial score (nSPS) is 15.9. The smallest absolute Gasteiger partial charge is 0.280 e. The van der Waals surface area contributed by atoms with Gasteiger partial charge in [-0.15, -0.1) is 0 Å². The monoisotopic (exact) mass is 483 g/mol. The number of alkyl halides is 3. The fourth-order valence-corrected chi connectivity index (χ4v) is 4.21. The molecule has 0 bridgehead atoms. The molecule has 10 heteroatoms. The van der Waals surface area contributed by atoms with Crippen molar-refractivity contribution in [1.29, 1.82) is 0 Å². The lowest BCUT2D eigenvalue weighted by atomic mass is 9.95. The molecule has 0 aliphatic carbocycles. The van der Waals surface area contributed by atoms with Crippen LogP contribution in [0.2, 0.25) is 0 Å². The van der Waals surface area contributed by atoms with Crippen molar-refractivity contribution >= 4 is 28.9 Å². The molecule has 7 nitrogen and oxygen atoms in total. The fourth-order valence-electron chi connectivity index (χ4n) is 4.21. The number of anilines is 2. The van der Waals surface area contributed by atoms with Gasteiger partial charge in [0.05, 0.1) is 17.0 Å². The Bertz CT molecular complexity index is 1280. The summed E-state index contributed by atoms with van der Waals surface area (Å²) in [6, 6.07) is 10.4. The molecule has 0 radical (unpaired) electrons. The molecule has 2 aromatic carbocycles. The van der Waals surface area contributed by atoms with Gasteiger partial charge in [0.2, 0.25) is 11.8 Å². The Morgan fingerprint density at radius 2 is 1.86 bits per heavy atom. The highest BCUT2D eigenvalue weighted by atomic mass is 19.4. The molecular formula is C25H24F3N5O2. The standard InChI is InChI=1S/C25H24F3N5O2/c1-15-11-16(2)13-19(12-15)33-21-14-18(25(26,27)28)5-6-20(21)23(24(33)35)17(3)30-31-22(34)7-10-32-9-4-8-29-32/h4-6,8-9,11-14,23H,7,10H2,1-3H3,(H,31,34)/b30-17-. The van der Waals surface area contributed by atoms with Crippen molar-refractivity contribution in [2.24, 2.45) is 5.10 Å². The molecule has 4 rings (SSSR count). The van der Waals surface area contributed by atoms with Crippen LogP contribution >= 0.6 is 0 Å². The number of nitrogens with one attached hydrogen (secondary N) is 1. The van der Waals surface area contributed by atoms with Crippen LogP contribution in [-0.4, -0.2) is 27.3 Å². The van der Waals surface area contributed by atoms with Gasteiger partial charge in [-0.2, -0.15) is 23.4 Å². The zero-order valence-corrected chi connectivity index (χ0v) is 19.4. The lowest BCUT2D eigenvalue weighted by Gasteiger charge is -2.20. The number of hydrogen-bond donors (Lipinski definition) is 1. The minimum absolute atomic E-state index is 0.122. The number of halogens is 3. The second-order valence-electron chi connectivity index (χ2n) is 8.53. The Kier molecular flexibility index (Phi) is 6.47. The third kappa shape index (κ3) is 5.11. The van der Waals surface area contributed by atoms with Gasteiger partial charge in [0.1, 0.15) is 5.92 Å². The first kappa shape index (κ1) is 24.2. The molecule has 3 aromatic rings.